The zero-order valence-corrected chi connectivity index (χ0v) is 21.6. The minimum atomic E-state index is -5.41. The van der Waals surface area contributed by atoms with Gasteiger partial charge in [0.05, 0.1) is 16.8 Å². The van der Waals surface area contributed by atoms with Gasteiger partial charge in [0.1, 0.15) is 13.5 Å². The van der Waals surface area contributed by atoms with Gasteiger partial charge in [0, 0.05) is 23.7 Å². The van der Waals surface area contributed by atoms with Crippen molar-refractivity contribution >= 4 is 23.5 Å². The van der Waals surface area contributed by atoms with Gasteiger partial charge in [0.15, 0.2) is 31.8 Å². The Hall–Kier alpha value is -3.74. The first-order valence-corrected chi connectivity index (χ1v) is 12.9. The van der Waals surface area contributed by atoms with Crippen LogP contribution in [0, 0.1) is 0 Å². The number of nitrogen functional groups attached to an aromatic ring is 1. The highest BCUT2D eigenvalue weighted by atomic mass is 32.2. The molecule has 4 rings (SSSR count). The summed E-state index contributed by atoms with van der Waals surface area (Å²) in [5, 5.41) is 63.9. The van der Waals surface area contributed by atoms with E-state index in [1.807, 2.05) is 31.3 Å². The average molecular weight is 569 g/mol. The van der Waals surface area contributed by atoms with E-state index >= 15 is 0 Å². The van der Waals surface area contributed by atoms with Crippen LogP contribution in [0.2, 0.25) is 0 Å². The van der Waals surface area contributed by atoms with E-state index in [1.165, 1.54) is 18.3 Å². The Morgan fingerprint density at radius 2 is 1.48 bits per heavy atom. The van der Waals surface area contributed by atoms with Gasteiger partial charge in [-0.25, -0.2) is 18.4 Å². The second-order valence-corrected chi connectivity index (χ2v) is 10.9. The maximum Gasteiger partial charge on any atom is 0.295 e. The molecule has 0 unspecified atom stereocenters. The maximum atomic E-state index is 12.9. The number of benzene rings is 2. The summed E-state index contributed by atoms with van der Waals surface area (Å²) in [5.41, 5.74) is 9.06. The molecule has 0 saturated carbocycles. The van der Waals surface area contributed by atoms with Crippen LogP contribution >= 0.6 is 0 Å². The van der Waals surface area contributed by atoms with Gasteiger partial charge in [-0.2, -0.15) is 0 Å². The van der Waals surface area contributed by atoms with Gasteiger partial charge >= 0.3 is 0 Å². The largest absolute Gasteiger partial charge is 0.382 e. The Morgan fingerprint density at radius 1 is 0.925 bits per heavy atom. The van der Waals surface area contributed by atoms with Crippen molar-refractivity contribution < 1.29 is 43.6 Å². The average Bonchev–Trinajstić information content (AvgIpc) is 3.38. The normalized spacial score (nSPS) is 13.0. The SMILES string of the molecule is [B]C(C(O)(O)O)(C(O)(O)O)S(=O)(=O)c1ccc(-c2cnc(N)c(-c3cc(-c4ccc(CNC)cc4)no3)n2)cc1. The summed E-state index contributed by atoms with van der Waals surface area (Å²) in [4.78, 5) is 7.72. The summed E-state index contributed by atoms with van der Waals surface area (Å²) < 4.78 is 27.1. The lowest BCUT2D eigenvalue weighted by atomic mass is 9.81. The fourth-order valence-electron chi connectivity index (χ4n) is 3.82. The molecular weight excluding hydrogens is 545 g/mol. The van der Waals surface area contributed by atoms with Crippen LogP contribution in [-0.4, -0.2) is 85.7 Å². The van der Waals surface area contributed by atoms with Crippen LogP contribution in [0.25, 0.3) is 34.0 Å². The first kappa shape index (κ1) is 29.3. The second kappa shape index (κ2) is 10.3. The molecule has 0 aliphatic heterocycles. The van der Waals surface area contributed by atoms with Crippen molar-refractivity contribution in [3.05, 3.63) is 66.4 Å². The van der Waals surface area contributed by atoms with E-state index in [-0.39, 0.29) is 23.0 Å². The molecule has 2 heterocycles. The number of nitrogens with zero attached hydrogens (tertiary/aromatic N) is 3. The molecule has 16 heteroatoms. The molecule has 0 atom stereocenters. The molecule has 9 N–H and O–H groups in total. The summed E-state index contributed by atoms with van der Waals surface area (Å²) >= 11 is 0. The number of sulfone groups is 1. The monoisotopic (exact) mass is 569 g/mol. The van der Waals surface area contributed by atoms with Crippen molar-refractivity contribution in [2.24, 2.45) is 0 Å². The number of hydrogen-bond acceptors (Lipinski definition) is 14. The lowest BCUT2D eigenvalue weighted by Crippen LogP contribution is -2.72. The third-order valence-electron chi connectivity index (χ3n) is 6.06. The maximum absolute atomic E-state index is 12.9. The molecule has 0 amide bonds. The van der Waals surface area contributed by atoms with Crippen LogP contribution in [0.15, 0.2) is 70.2 Å². The number of rotatable bonds is 9. The fourth-order valence-corrected chi connectivity index (χ4v) is 5.40. The molecule has 14 nitrogen and oxygen atoms in total. The van der Waals surface area contributed by atoms with Crippen molar-refractivity contribution in [3.63, 3.8) is 0 Å². The van der Waals surface area contributed by atoms with Crippen LogP contribution in [0.1, 0.15) is 5.56 Å². The minimum absolute atomic E-state index is 0.0262. The van der Waals surface area contributed by atoms with Crippen molar-refractivity contribution in [2.75, 3.05) is 12.8 Å². The van der Waals surface area contributed by atoms with Crippen molar-refractivity contribution in [2.45, 2.75) is 28.0 Å². The Bertz CT molecular complexity index is 1600. The van der Waals surface area contributed by atoms with Crippen LogP contribution in [0.3, 0.4) is 0 Å². The molecule has 0 bridgehead atoms. The van der Waals surface area contributed by atoms with Crippen molar-refractivity contribution in [1.82, 2.24) is 20.4 Å². The molecule has 0 spiro atoms. The number of hydrogen-bond donors (Lipinski definition) is 8. The highest BCUT2D eigenvalue weighted by Crippen LogP contribution is 2.37. The summed E-state index contributed by atoms with van der Waals surface area (Å²) in [7, 11) is 1.67. The standard InChI is InChI=1S/C24H24BN5O9S/c1-27-11-13-2-4-14(5-3-13)17-10-19(39-30-17)20-21(26)28-12-18(29-20)15-6-8-16(9-7-15)40(37,38)22(25,23(31,32)33)24(34,35)36/h2-10,12,27,31-36H,11H2,1H3,(H2,26,28). The zero-order valence-electron chi connectivity index (χ0n) is 20.8. The number of anilines is 1. The third-order valence-corrected chi connectivity index (χ3v) is 8.34. The molecule has 0 fully saturated rings. The van der Waals surface area contributed by atoms with Gasteiger partial charge in [0.2, 0.25) is 0 Å². The van der Waals surface area contributed by atoms with Gasteiger partial charge in [-0.1, -0.05) is 41.6 Å². The Labute approximate surface area is 228 Å². The van der Waals surface area contributed by atoms with Crippen LogP contribution in [-0.2, 0) is 16.4 Å². The number of aromatic nitrogens is 3. The summed E-state index contributed by atoms with van der Waals surface area (Å²) in [5.74, 6) is -8.70. The summed E-state index contributed by atoms with van der Waals surface area (Å²) in [6.07, 6.45) is 1.30. The van der Waals surface area contributed by atoms with Crippen LogP contribution < -0.4 is 11.1 Å². The highest BCUT2D eigenvalue weighted by molar-refractivity contribution is 7.94. The summed E-state index contributed by atoms with van der Waals surface area (Å²) in [6, 6.07) is 13.5. The zero-order chi connectivity index (χ0) is 29.5. The highest BCUT2D eigenvalue weighted by Gasteiger charge is 2.67. The lowest BCUT2D eigenvalue weighted by Gasteiger charge is -2.41. The van der Waals surface area contributed by atoms with Crippen molar-refractivity contribution in [3.8, 4) is 34.0 Å². The predicted molar refractivity (Wildman–Crippen MR) is 140 cm³/mol. The van der Waals surface area contributed by atoms with E-state index in [9.17, 15) is 39.1 Å². The Kier molecular flexibility index (Phi) is 7.57. The fraction of sp³-hybridized carbons (Fsp3) is 0.208. The van der Waals surface area contributed by atoms with Gasteiger partial charge in [-0.05, 0) is 24.7 Å². The molecule has 0 aliphatic carbocycles. The lowest BCUT2D eigenvalue weighted by molar-refractivity contribution is -0.407. The van der Waals surface area contributed by atoms with E-state index in [4.69, 9.17) is 18.1 Å². The third kappa shape index (κ3) is 5.10. The molecular formula is C24H24BN5O9S. The molecule has 2 radical (unpaired) electrons. The number of nitrogens with one attached hydrogen (secondary N) is 1. The number of nitrogens with two attached hydrogens (primary N) is 1. The van der Waals surface area contributed by atoms with E-state index in [0.717, 1.165) is 23.3 Å². The van der Waals surface area contributed by atoms with Gasteiger partial charge in [0.25, 0.3) is 11.9 Å². The number of aliphatic hydroxyl groups is 6. The van der Waals surface area contributed by atoms with Gasteiger partial charge < -0.3 is 46.2 Å². The molecule has 4 aromatic rings. The van der Waals surface area contributed by atoms with E-state index in [2.05, 4.69) is 20.4 Å². The Morgan fingerprint density at radius 3 is 2.02 bits per heavy atom. The van der Waals surface area contributed by atoms with Gasteiger partial charge in [-0.3, -0.25) is 0 Å². The molecule has 40 heavy (non-hydrogen) atoms. The molecule has 208 valence electrons. The minimum Gasteiger partial charge on any atom is -0.382 e. The predicted octanol–water partition coefficient (Wildman–Crippen LogP) is -1.33. The second-order valence-electron chi connectivity index (χ2n) is 8.83. The van der Waals surface area contributed by atoms with E-state index in [0.29, 0.717) is 17.8 Å². The quantitative estimate of drug-likeness (QED) is 0.0860. The summed E-state index contributed by atoms with van der Waals surface area (Å²) in [6.45, 7) is 0.708. The Balaban J connectivity index is 1.66. The van der Waals surface area contributed by atoms with E-state index < -0.39 is 31.3 Å². The molecule has 0 saturated heterocycles. The first-order chi connectivity index (χ1) is 18.6. The molecule has 2 aromatic heterocycles. The van der Waals surface area contributed by atoms with E-state index in [1.54, 1.807) is 6.07 Å². The molecule has 2 aromatic carbocycles. The first-order valence-electron chi connectivity index (χ1n) is 11.4. The van der Waals surface area contributed by atoms with Crippen molar-refractivity contribution in [1.29, 1.82) is 0 Å². The van der Waals surface area contributed by atoms with Crippen LogP contribution in [0.4, 0.5) is 5.82 Å². The smallest absolute Gasteiger partial charge is 0.295 e. The topological polar surface area (TPSA) is 245 Å². The van der Waals surface area contributed by atoms with Gasteiger partial charge in [-0.15, -0.1) is 0 Å². The molecule has 0 aliphatic rings. The van der Waals surface area contributed by atoms with Crippen LogP contribution in [0.5, 0.6) is 0 Å².